The van der Waals surface area contributed by atoms with Gasteiger partial charge in [0.15, 0.2) is 0 Å². The Labute approximate surface area is 104 Å². The highest BCUT2D eigenvalue weighted by atomic mass is 16.6. The number of carbonyl (C=O) groups excluding carboxylic acids is 1. The zero-order valence-corrected chi connectivity index (χ0v) is 11.1. The van der Waals surface area contributed by atoms with E-state index >= 15 is 0 Å². The van der Waals surface area contributed by atoms with Gasteiger partial charge in [0.2, 0.25) is 0 Å². The maximum atomic E-state index is 11.6. The van der Waals surface area contributed by atoms with E-state index < -0.39 is 11.7 Å². The van der Waals surface area contributed by atoms with Crippen molar-refractivity contribution in [3.63, 3.8) is 0 Å². The van der Waals surface area contributed by atoms with Crippen LogP contribution in [0.25, 0.3) is 0 Å². The van der Waals surface area contributed by atoms with Gasteiger partial charge < -0.3 is 9.84 Å². The molecule has 17 heavy (non-hydrogen) atoms. The quantitative estimate of drug-likeness (QED) is 0.550. The van der Waals surface area contributed by atoms with Crippen molar-refractivity contribution in [2.75, 3.05) is 0 Å². The first kappa shape index (κ1) is 15.9. The van der Waals surface area contributed by atoms with Crippen LogP contribution in [0.1, 0.15) is 40.0 Å². The van der Waals surface area contributed by atoms with Gasteiger partial charge in [0.05, 0.1) is 12.5 Å². The van der Waals surface area contributed by atoms with Gasteiger partial charge in [-0.05, 0) is 39.5 Å². The topological polar surface area (TPSA) is 46.5 Å². The monoisotopic (exact) mass is 240 g/mol. The second kappa shape index (κ2) is 7.28. The molecule has 1 N–H and O–H groups in total. The van der Waals surface area contributed by atoms with Crippen LogP contribution in [0.4, 0.5) is 0 Å². The van der Waals surface area contributed by atoms with E-state index in [2.05, 4.69) is 13.2 Å². The van der Waals surface area contributed by atoms with Crippen LogP contribution >= 0.6 is 0 Å². The summed E-state index contributed by atoms with van der Waals surface area (Å²) >= 11 is 0. The van der Waals surface area contributed by atoms with E-state index in [1.54, 1.807) is 12.2 Å². The summed E-state index contributed by atoms with van der Waals surface area (Å²) in [6, 6.07) is 0. The van der Waals surface area contributed by atoms with Gasteiger partial charge in [-0.3, -0.25) is 4.79 Å². The fourth-order valence-electron chi connectivity index (χ4n) is 1.50. The fraction of sp³-hybridized carbons (Fsp3) is 0.643. The molecular weight excluding hydrogens is 216 g/mol. The highest BCUT2D eigenvalue weighted by molar-refractivity contribution is 5.70. The van der Waals surface area contributed by atoms with Crippen LogP contribution in [0, 0.1) is 5.92 Å². The Hall–Kier alpha value is -1.09. The highest BCUT2D eigenvalue weighted by Gasteiger charge is 2.20. The number of aliphatic hydroxyl groups excluding tert-OH is 1. The summed E-state index contributed by atoms with van der Waals surface area (Å²) in [5.74, 6) is -0.312. The van der Waals surface area contributed by atoms with Gasteiger partial charge in [-0.25, -0.2) is 0 Å². The number of allylic oxidation sites excluding steroid dienone is 1. The molecule has 0 unspecified atom stereocenters. The van der Waals surface area contributed by atoms with E-state index in [-0.39, 0.29) is 18.3 Å². The Morgan fingerprint density at radius 3 is 2.41 bits per heavy atom. The van der Waals surface area contributed by atoms with E-state index in [1.165, 1.54) is 0 Å². The first-order valence-electron chi connectivity index (χ1n) is 5.92. The average molecular weight is 240 g/mol. The van der Waals surface area contributed by atoms with Gasteiger partial charge in [0.25, 0.3) is 0 Å². The van der Waals surface area contributed by atoms with Crippen molar-refractivity contribution in [1.82, 2.24) is 0 Å². The molecule has 98 valence electrons. The number of rotatable bonds is 7. The zero-order chi connectivity index (χ0) is 13.5. The zero-order valence-electron chi connectivity index (χ0n) is 11.1. The van der Waals surface area contributed by atoms with Crippen LogP contribution in [0.5, 0.6) is 0 Å². The van der Waals surface area contributed by atoms with Crippen molar-refractivity contribution in [3.05, 3.63) is 25.3 Å². The maximum Gasteiger partial charge on any atom is 0.306 e. The van der Waals surface area contributed by atoms with Crippen molar-refractivity contribution in [3.8, 4) is 0 Å². The minimum atomic E-state index is -0.474. The standard InChI is InChI=1S/C14H24O3/c1-6-8-12(15)9-11(7-2)10-13(16)17-14(3,4)5/h6-7,11-12,15H,1-2,8-10H2,3-5H3/t11-,12-/m0/s1. The van der Waals surface area contributed by atoms with Crippen molar-refractivity contribution in [1.29, 1.82) is 0 Å². The molecule has 0 saturated carbocycles. The van der Waals surface area contributed by atoms with Gasteiger partial charge in [-0.15, -0.1) is 13.2 Å². The lowest BCUT2D eigenvalue weighted by molar-refractivity contribution is -0.155. The average Bonchev–Trinajstić information content (AvgIpc) is 2.13. The molecule has 0 heterocycles. The fourth-order valence-corrected chi connectivity index (χ4v) is 1.50. The second-order valence-corrected chi connectivity index (χ2v) is 5.20. The first-order chi connectivity index (χ1) is 7.78. The molecule has 0 amide bonds. The minimum absolute atomic E-state index is 0.0557. The molecule has 0 radical (unpaired) electrons. The van der Waals surface area contributed by atoms with Gasteiger partial charge >= 0.3 is 5.97 Å². The van der Waals surface area contributed by atoms with Crippen LogP contribution in [-0.4, -0.2) is 22.8 Å². The van der Waals surface area contributed by atoms with Crippen LogP contribution in [0.2, 0.25) is 0 Å². The Kier molecular flexibility index (Phi) is 6.81. The van der Waals surface area contributed by atoms with Crippen molar-refractivity contribution >= 4 is 5.97 Å². The normalized spacial score (nSPS) is 14.8. The predicted octanol–water partition coefficient (Wildman–Crippen LogP) is 2.85. The Bertz CT molecular complexity index is 263. The molecule has 0 aromatic rings. The van der Waals surface area contributed by atoms with Crippen molar-refractivity contribution in [2.24, 2.45) is 5.92 Å². The van der Waals surface area contributed by atoms with Crippen LogP contribution in [-0.2, 0) is 9.53 Å². The molecule has 0 aliphatic carbocycles. The summed E-state index contributed by atoms with van der Waals surface area (Å²) in [5.41, 5.74) is -0.470. The molecule has 0 bridgehead atoms. The summed E-state index contributed by atoms with van der Waals surface area (Å²) < 4.78 is 5.22. The number of ether oxygens (including phenoxy) is 1. The SMILES string of the molecule is C=CC[C@H](O)C[C@H](C=C)CC(=O)OC(C)(C)C. The summed E-state index contributed by atoms with van der Waals surface area (Å²) in [6.07, 6.45) is 4.18. The lowest BCUT2D eigenvalue weighted by atomic mass is 9.96. The van der Waals surface area contributed by atoms with Crippen molar-refractivity contribution < 1.29 is 14.6 Å². The molecular formula is C14H24O3. The minimum Gasteiger partial charge on any atom is -0.460 e. The smallest absolute Gasteiger partial charge is 0.306 e. The Morgan fingerprint density at radius 1 is 1.41 bits per heavy atom. The predicted molar refractivity (Wildman–Crippen MR) is 69.6 cm³/mol. The third kappa shape index (κ3) is 8.69. The third-order valence-corrected chi connectivity index (χ3v) is 2.20. The summed E-state index contributed by atoms with van der Waals surface area (Å²) in [7, 11) is 0. The molecule has 0 fully saturated rings. The van der Waals surface area contributed by atoms with Gasteiger partial charge in [0.1, 0.15) is 5.60 Å². The van der Waals surface area contributed by atoms with Gasteiger partial charge in [0, 0.05) is 0 Å². The summed E-state index contributed by atoms with van der Waals surface area (Å²) in [6.45, 7) is 12.7. The number of esters is 1. The van der Waals surface area contributed by atoms with Gasteiger partial charge in [-0.2, -0.15) is 0 Å². The third-order valence-electron chi connectivity index (χ3n) is 2.20. The van der Waals surface area contributed by atoms with Crippen LogP contribution < -0.4 is 0 Å². The van der Waals surface area contributed by atoms with Crippen molar-refractivity contribution in [2.45, 2.75) is 51.7 Å². The molecule has 0 aliphatic heterocycles. The molecule has 3 heteroatoms. The Balaban J connectivity index is 4.17. The molecule has 2 atom stereocenters. The van der Waals surface area contributed by atoms with E-state index in [1.807, 2.05) is 20.8 Å². The molecule has 0 aromatic heterocycles. The molecule has 0 aliphatic rings. The lowest BCUT2D eigenvalue weighted by Gasteiger charge is -2.21. The number of aliphatic hydroxyl groups is 1. The number of hydrogen-bond acceptors (Lipinski definition) is 3. The maximum absolute atomic E-state index is 11.6. The molecule has 0 spiro atoms. The summed E-state index contributed by atoms with van der Waals surface area (Å²) in [5, 5.41) is 9.63. The number of carbonyl (C=O) groups is 1. The van der Waals surface area contributed by atoms with Crippen LogP contribution in [0.3, 0.4) is 0 Å². The van der Waals surface area contributed by atoms with Crippen LogP contribution in [0.15, 0.2) is 25.3 Å². The summed E-state index contributed by atoms with van der Waals surface area (Å²) in [4.78, 5) is 11.6. The Morgan fingerprint density at radius 2 is 2.00 bits per heavy atom. The van der Waals surface area contributed by atoms with E-state index in [4.69, 9.17) is 4.74 Å². The van der Waals surface area contributed by atoms with E-state index in [0.717, 1.165) is 0 Å². The highest BCUT2D eigenvalue weighted by Crippen LogP contribution is 2.18. The number of hydrogen-bond donors (Lipinski definition) is 1. The van der Waals surface area contributed by atoms with E-state index in [9.17, 15) is 9.90 Å². The second-order valence-electron chi connectivity index (χ2n) is 5.20. The molecule has 3 nitrogen and oxygen atoms in total. The van der Waals surface area contributed by atoms with Gasteiger partial charge in [-0.1, -0.05) is 12.2 Å². The molecule has 0 rings (SSSR count). The molecule has 0 aromatic carbocycles. The largest absolute Gasteiger partial charge is 0.460 e. The molecule has 0 saturated heterocycles. The van der Waals surface area contributed by atoms with E-state index in [0.29, 0.717) is 12.8 Å². The lowest BCUT2D eigenvalue weighted by Crippen LogP contribution is -2.25. The first-order valence-corrected chi connectivity index (χ1v) is 5.92.